The topological polar surface area (TPSA) is 69.6 Å². The van der Waals surface area contributed by atoms with E-state index < -0.39 is 12.2 Å². The number of carboxylic acid groups (broad SMARTS) is 1. The predicted molar refractivity (Wildman–Crippen MR) is 167 cm³/mol. The van der Waals surface area contributed by atoms with E-state index in [0.717, 1.165) is 56.1 Å². The van der Waals surface area contributed by atoms with Gasteiger partial charge in [0.05, 0.1) is 5.56 Å². The van der Waals surface area contributed by atoms with Crippen LogP contribution in [0, 0.1) is 5.92 Å². The van der Waals surface area contributed by atoms with Gasteiger partial charge in [0.25, 0.3) is 0 Å². The first-order chi connectivity index (χ1) is 18.6. The van der Waals surface area contributed by atoms with Crippen LogP contribution < -0.4 is 5.32 Å². The van der Waals surface area contributed by atoms with Gasteiger partial charge in [0.15, 0.2) is 0 Å². The maximum atomic E-state index is 11.3. The van der Waals surface area contributed by atoms with E-state index in [9.17, 15) is 15.0 Å². The number of allylic oxidation sites excluding steroid dienone is 4. The molecule has 0 saturated heterocycles. The SMILES string of the molecule is C=C(CCC)C(O)NCC(C(=C=CCC)CC(C)C)=C(C=C(C)CC)CC(=Cc1ccc(C(=O)O)cc1)CC. The van der Waals surface area contributed by atoms with Crippen LogP contribution in [0.25, 0.3) is 6.08 Å². The van der Waals surface area contributed by atoms with Crippen molar-refractivity contribution in [3.8, 4) is 0 Å². The van der Waals surface area contributed by atoms with Gasteiger partial charge in [0.2, 0.25) is 0 Å². The normalized spacial score (nSPS) is 13.6. The van der Waals surface area contributed by atoms with Crippen LogP contribution in [0.2, 0.25) is 0 Å². The van der Waals surface area contributed by atoms with E-state index in [1.807, 2.05) is 12.1 Å². The lowest BCUT2D eigenvalue weighted by atomic mass is 9.88. The number of hydrogen-bond acceptors (Lipinski definition) is 3. The van der Waals surface area contributed by atoms with Gasteiger partial charge in [-0.25, -0.2) is 4.79 Å². The van der Waals surface area contributed by atoms with Crippen molar-refractivity contribution in [2.45, 2.75) is 99.6 Å². The molecule has 0 aliphatic carbocycles. The largest absolute Gasteiger partial charge is 0.478 e. The van der Waals surface area contributed by atoms with Crippen LogP contribution in [0.15, 0.2) is 82.2 Å². The van der Waals surface area contributed by atoms with Gasteiger partial charge in [-0.1, -0.05) is 90.0 Å². The zero-order valence-electron chi connectivity index (χ0n) is 25.4. The molecule has 0 spiro atoms. The van der Waals surface area contributed by atoms with E-state index in [2.05, 4.69) is 84.3 Å². The van der Waals surface area contributed by atoms with Gasteiger partial charge < -0.3 is 10.2 Å². The van der Waals surface area contributed by atoms with Crippen LogP contribution in [0.5, 0.6) is 0 Å². The first-order valence-electron chi connectivity index (χ1n) is 14.5. The second kappa shape index (κ2) is 18.4. The third-order valence-corrected chi connectivity index (χ3v) is 6.65. The number of carboxylic acids is 1. The molecule has 4 nitrogen and oxygen atoms in total. The summed E-state index contributed by atoms with van der Waals surface area (Å²) in [5.41, 5.74) is 11.8. The van der Waals surface area contributed by atoms with Gasteiger partial charge in [-0.2, -0.15) is 0 Å². The Morgan fingerprint density at radius 3 is 2.28 bits per heavy atom. The quantitative estimate of drug-likeness (QED) is 0.0808. The molecule has 1 rings (SSSR count). The van der Waals surface area contributed by atoms with Gasteiger partial charge in [-0.15, -0.1) is 5.73 Å². The van der Waals surface area contributed by atoms with E-state index in [1.54, 1.807) is 12.1 Å². The number of carbonyl (C=O) groups is 1. The predicted octanol–water partition coefficient (Wildman–Crippen LogP) is 9.02. The number of aliphatic hydroxyl groups excluding tert-OH is 1. The molecule has 1 aromatic rings. The van der Waals surface area contributed by atoms with Crippen molar-refractivity contribution in [1.82, 2.24) is 5.32 Å². The summed E-state index contributed by atoms with van der Waals surface area (Å²) in [6.45, 7) is 19.7. The summed E-state index contributed by atoms with van der Waals surface area (Å²) in [6, 6.07) is 7.03. The molecule has 0 bridgehead atoms. The summed E-state index contributed by atoms with van der Waals surface area (Å²) >= 11 is 0. The molecule has 4 heteroatoms. The standard InChI is InChI=1S/C35H51NO3/c1-9-13-15-31(20-25(5)6)33(24-36-34(37)27(8)14-10-2)32(21-26(7)11-3)23-28(12-4)22-29-16-18-30(19-17-29)35(38)39/h13,16-19,21-22,25,34,36-37H,8-12,14,20,23-24H2,1-7H3,(H,38,39). The maximum absolute atomic E-state index is 11.3. The molecule has 1 unspecified atom stereocenters. The third-order valence-electron chi connectivity index (χ3n) is 6.65. The smallest absolute Gasteiger partial charge is 0.335 e. The van der Waals surface area contributed by atoms with Crippen LogP contribution in [0.4, 0.5) is 0 Å². The van der Waals surface area contributed by atoms with E-state index in [-0.39, 0.29) is 5.56 Å². The van der Waals surface area contributed by atoms with Crippen molar-refractivity contribution in [1.29, 1.82) is 0 Å². The van der Waals surface area contributed by atoms with Gasteiger partial charge in [0, 0.05) is 6.54 Å². The molecule has 0 aliphatic heterocycles. The number of benzene rings is 1. The first kappa shape index (κ1) is 34.1. The highest BCUT2D eigenvalue weighted by Crippen LogP contribution is 2.29. The zero-order chi connectivity index (χ0) is 29.4. The number of aliphatic hydroxyl groups is 1. The number of aromatic carboxylic acids is 1. The van der Waals surface area contributed by atoms with E-state index in [0.29, 0.717) is 12.5 Å². The molecule has 0 aromatic heterocycles. The molecular weight excluding hydrogens is 482 g/mol. The van der Waals surface area contributed by atoms with Gasteiger partial charge in [-0.3, -0.25) is 5.32 Å². The summed E-state index contributed by atoms with van der Waals surface area (Å²) < 4.78 is 0. The molecule has 0 aliphatic rings. The zero-order valence-corrected chi connectivity index (χ0v) is 25.4. The molecule has 0 amide bonds. The van der Waals surface area contributed by atoms with Gasteiger partial charge >= 0.3 is 5.97 Å². The second-order valence-electron chi connectivity index (χ2n) is 10.6. The second-order valence-corrected chi connectivity index (χ2v) is 10.6. The lowest BCUT2D eigenvalue weighted by Gasteiger charge is -2.22. The lowest BCUT2D eigenvalue weighted by Crippen LogP contribution is -2.32. The molecule has 1 aromatic carbocycles. The number of rotatable bonds is 17. The van der Waals surface area contributed by atoms with E-state index >= 15 is 0 Å². The fraction of sp³-hybridized carbons (Fsp3) is 0.486. The maximum Gasteiger partial charge on any atom is 0.335 e. The molecule has 0 saturated carbocycles. The highest BCUT2D eigenvalue weighted by molar-refractivity contribution is 5.87. The fourth-order valence-electron chi connectivity index (χ4n) is 4.24. The monoisotopic (exact) mass is 533 g/mol. The Morgan fingerprint density at radius 2 is 1.77 bits per heavy atom. The van der Waals surface area contributed by atoms with E-state index in [4.69, 9.17) is 0 Å². The Balaban J connectivity index is 3.71. The average Bonchev–Trinajstić information content (AvgIpc) is 2.90. The van der Waals surface area contributed by atoms with Crippen molar-refractivity contribution >= 4 is 12.0 Å². The summed E-state index contributed by atoms with van der Waals surface area (Å²) in [7, 11) is 0. The average molecular weight is 534 g/mol. The molecule has 0 fully saturated rings. The third kappa shape index (κ3) is 12.7. The van der Waals surface area contributed by atoms with Gasteiger partial charge in [0.1, 0.15) is 6.23 Å². The van der Waals surface area contributed by atoms with Crippen LogP contribution in [0.3, 0.4) is 0 Å². The minimum absolute atomic E-state index is 0.287. The van der Waals surface area contributed by atoms with E-state index in [1.165, 1.54) is 27.9 Å². The number of hydrogen-bond donors (Lipinski definition) is 3. The van der Waals surface area contributed by atoms with Crippen molar-refractivity contribution in [3.05, 3.63) is 93.3 Å². The highest BCUT2D eigenvalue weighted by atomic mass is 16.4. The summed E-state index contributed by atoms with van der Waals surface area (Å²) in [4.78, 5) is 11.3. The van der Waals surface area contributed by atoms with Crippen LogP contribution >= 0.6 is 0 Å². The summed E-state index contributed by atoms with van der Waals surface area (Å²) in [5, 5.41) is 23.4. The Morgan fingerprint density at radius 1 is 1.10 bits per heavy atom. The van der Waals surface area contributed by atoms with Crippen LogP contribution in [0.1, 0.15) is 109 Å². The Kier molecular flexibility index (Phi) is 16.1. The van der Waals surface area contributed by atoms with Crippen molar-refractivity contribution in [2.75, 3.05) is 6.54 Å². The fourth-order valence-corrected chi connectivity index (χ4v) is 4.24. The highest BCUT2D eigenvalue weighted by Gasteiger charge is 2.16. The van der Waals surface area contributed by atoms with Gasteiger partial charge in [-0.05, 0) is 97.4 Å². The van der Waals surface area contributed by atoms with Crippen molar-refractivity contribution in [2.24, 2.45) is 5.92 Å². The first-order valence-corrected chi connectivity index (χ1v) is 14.5. The van der Waals surface area contributed by atoms with Crippen LogP contribution in [-0.2, 0) is 0 Å². The van der Waals surface area contributed by atoms with Crippen molar-refractivity contribution < 1.29 is 15.0 Å². The summed E-state index contributed by atoms with van der Waals surface area (Å²) in [6.07, 6.45) is 11.9. The molecule has 214 valence electrons. The van der Waals surface area contributed by atoms with Crippen LogP contribution in [-0.4, -0.2) is 29.0 Å². The Hall–Kier alpha value is -2.91. The molecule has 3 N–H and O–H groups in total. The minimum Gasteiger partial charge on any atom is -0.478 e. The minimum atomic E-state index is -0.919. The molecular formula is C35H51NO3. The van der Waals surface area contributed by atoms with Crippen molar-refractivity contribution in [3.63, 3.8) is 0 Å². The summed E-state index contributed by atoms with van der Waals surface area (Å²) in [5.74, 6) is -0.462. The Labute approximate surface area is 237 Å². The molecule has 1 atom stereocenters. The Bertz CT molecular complexity index is 1090. The molecule has 39 heavy (non-hydrogen) atoms. The molecule has 0 heterocycles. The molecule has 0 radical (unpaired) electrons. The lowest BCUT2D eigenvalue weighted by molar-refractivity contribution is 0.0697. The number of nitrogens with one attached hydrogen (secondary N) is 1.